The highest BCUT2D eigenvalue weighted by Gasteiger charge is 2.25. The molecule has 1 N–H and O–H groups in total. The van der Waals surface area contributed by atoms with Crippen LogP contribution in [-0.2, 0) is 4.74 Å². The highest BCUT2D eigenvalue weighted by Crippen LogP contribution is 2.31. The van der Waals surface area contributed by atoms with Crippen LogP contribution in [0.5, 0.6) is 0 Å². The van der Waals surface area contributed by atoms with Crippen molar-refractivity contribution in [2.24, 2.45) is 5.92 Å². The molecule has 0 aliphatic carbocycles. The van der Waals surface area contributed by atoms with Crippen LogP contribution in [0.3, 0.4) is 0 Å². The quantitative estimate of drug-likeness (QED) is 0.555. The number of anilines is 1. The maximum atomic E-state index is 12.6. The van der Waals surface area contributed by atoms with Gasteiger partial charge in [-0.15, -0.1) is 0 Å². The number of carbonyl (C=O) groups is 1. The van der Waals surface area contributed by atoms with Gasteiger partial charge in [-0.1, -0.05) is 13.8 Å². The third-order valence-electron chi connectivity index (χ3n) is 5.47. The Labute approximate surface area is 172 Å². The molecule has 0 unspecified atom stereocenters. The molecule has 3 rings (SSSR count). The summed E-state index contributed by atoms with van der Waals surface area (Å²) in [6.45, 7) is 9.77. The van der Waals surface area contributed by atoms with Crippen molar-refractivity contribution in [2.45, 2.75) is 39.2 Å². The summed E-state index contributed by atoms with van der Waals surface area (Å²) in [7, 11) is 0. The van der Waals surface area contributed by atoms with E-state index in [0.29, 0.717) is 30.3 Å². The van der Waals surface area contributed by atoms with E-state index in [9.17, 15) is 14.9 Å². The molecule has 29 heavy (non-hydrogen) atoms. The summed E-state index contributed by atoms with van der Waals surface area (Å²) in [5.74, 6) is 0.283. The Bertz CT molecular complexity index is 719. The number of morpholine rings is 1. The van der Waals surface area contributed by atoms with Crippen LogP contribution in [0, 0.1) is 16.0 Å². The molecule has 0 bridgehead atoms. The maximum Gasteiger partial charge on any atom is 0.293 e. The predicted octanol–water partition coefficient (Wildman–Crippen LogP) is 2.67. The zero-order chi connectivity index (χ0) is 20.8. The van der Waals surface area contributed by atoms with Gasteiger partial charge in [0.2, 0.25) is 0 Å². The van der Waals surface area contributed by atoms with Gasteiger partial charge in [0.1, 0.15) is 5.69 Å². The lowest BCUT2D eigenvalue weighted by molar-refractivity contribution is -0.384. The van der Waals surface area contributed by atoms with Crippen molar-refractivity contribution >= 4 is 17.3 Å². The molecule has 2 fully saturated rings. The van der Waals surface area contributed by atoms with Gasteiger partial charge in [0.05, 0.1) is 17.6 Å². The molecular weight excluding hydrogens is 372 g/mol. The molecule has 2 aliphatic rings. The van der Waals surface area contributed by atoms with Crippen LogP contribution in [0.4, 0.5) is 11.4 Å². The van der Waals surface area contributed by atoms with E-state index in [-0.39, 0.29) is 17.7 Å². The van der Waals surface area contributed by atoms with Gasteiger partial charge in [-0.2, -0.15) is 0 Å². The van der Waals surface area contributed by atoms with Crippen LogP contribution in [0.25, 0.3) is 0 Å². The number of nitro groups is 1. The van der Waals surface area contributed by atoms with Crippen molar-refractivity contribution in [2.75, 3.05) is 50.8 Å². The molecule has 0 spiro atoms. The predicted molar refractivity (Wildman–Crippen MR) is 113 cm³/mol. The minimum atomic E-state index is -0.394. The van der Waals surface area contributed by atoms with E-state index in [1.54, 1.807) is 12.1 Å². The minimum Gasteiger partial charge on any atom is -0.374 e. The molecule has 0 aromatic heterocycles. The molecule has 1 aromatic carbocycles. The molecular formula is C21H32N4O4. The number of carbonyl (C=O) groups excluding carboxylic acids is 1. The molecule has 160 valence electrons. The molecule has 0 radical (unpaired) electrons. The van der Waals surface area contributed by atoms with Gasteiger partial charge in [-0.05, 0) is 37.3 Å². The Morgan fingerprint density at radius 1 is 1.28 bits per heavy atom. The summed E-state index contributed by atoms with van der Waals surface area (Å²) in [5, 5.41) is 14.5. The fourth-order valence-electron chi connectivity index (χ4n) is 4.11. The van der Waals surface area contributed by atoms with Crippen LogP contribution < -0.4 is 10.2 Å². The second kappa shape index (κ2) is 10.0. The molecule has 8 nitrogen and oxygen atoms in total. The molecule has 2 aliphatic heterocycles. The average molecular weight is 405 g/mol. The van der Waals surface area contributed by atoms with Crippen molar-refractivity contribution in [3.05, 3.63) is 33.9 Å². The topological polar surface area (TPSA) is 88.0 Å². The van der Waals surface area contributed by atoms with Gasteiger partial charge in [0, 0.05) is 50.9 Å². The smallest absolute Gasteiger partial charge is 0.293 e. The maximum absolute atomic E-state index is 12.6. The normalized spacial score (nSPS) is 20.7. The Hall–Kier alpha value is -2.19. The van der Waals surface area contributed by atoms with E-state index in [4.69, 9.17) is 4.74 Å². The van der Waals surface area contributed by atoms with Crippen LogP contribution in [0.1, 0.15) is 43.5 Å². The number of hydrogen-bond acceptors (Lipinski definition) is 6. The molecule has 1 amide bonds. The van der Waals surface area contributed by atoms with E-state index < -0.39 is 4.92 Å². The lowest BCUT2D eigenvalue weighted by atomic mass is 10.1. The molecule has 2 heterocycles. The number of amides is 1. The van der Waals surface area contributed by atoms with Crippen LogP contribution in [-0.4, -0.2) is 67.7 Å². The summed E-state index contributed by atoms with van der Waals surface area (Å²) in [5.41, 5.74) is 0.912. The summed E-state index contributed by atoms with van der Waals surface area (Å²) in [6, 6.07) is 4.78. The average Bonchev–Trinajstić information content (AvgIpc) is 2.72. The van der Waals surface area contributed by atoms with Gasteiger partial charge in [-0.25, -0.2) is 0 Å². The Morgan fingerprint density at radius 3 is 2.72 bits per heavy atom. The van der Waals surface area contributed by atoms with Gasteiger partial charge >= 0.3 is 0 Å². The number of ether oxygens (including phenoxy) is 1. The van der Waals surface area contributed by atoms with E-state index in [1.165, 1.54) is 6.07 Å². The number of nitrogens with one attached hydrogen (secondary N) is 1. The first-order chi connectivity index (χ1) is 13.9. The second-order valence-corrected chi connectivity index (χ2v) is 8.36. The standard InChI is InChI=1S/C21H32N4O4/c1-16(2)14-23-10-11-29-18(15-23)13-22-21(26)17-6-7-19(20(12-17)25(27)28)24-8-4-3-5-9-24/h6-7,12,16,18H,3-5,8-11,13-15H2,1-2H3,(H,22,26)/t18-/m1/s1. The van der Waals surface area contributed by atoms with Crippen LogP contribution >= 0.6 is 0 Å². The van der Waals surface area contributed by atoms with Crippen molar-refractivity contribution in [1.29, 1.82) is 0 Å². The zero-order valence-electron chi connectivity index (χ0n) is 17.4. The first kappa shape index (κ1) is 21.5. The lowest BCUT2D eigenvalue weighted by Gasteiger charge is -2.34. The number of nitrogens with zero attached hydrogens (tertiary/aromatic N) is 3. The highest BCUT2D eigenvalue weighted by atomic mass is 16.6. The number of benzene rings is 1. The SMILES string of the molecule is CC(C)CN1CCO[C@H](CNC(=O)c2ccc(N3CCCCC3)c([N+](=O)[O-])c2)C1. The summed E-state index contributed by atoms with van der Waals surface area (Å²) < 4.78 is 5.77. The zero-order valence-corrected chi connectivity index (χ0v) is 17.4. The lowest BCUT2D eigenvalue weighted by Crippen LogP contribution is -2.48. The van der Waals surface area contributed by atoms with Crippen molar-refractivity contribution in [3.8, 4) is 0 Å². The third-order valence-corrected chi connectivity index (χ3v) is 5.47. The highest BCUT2D eigenvalue weighted by molar-refractivity contribution is 5.95. The number of piperidine rings is 1. The Balaban J connectivity index is 1.61. The minimum absolute atomic E-state index is 0.00317. The van der Waals surface area contributed by atoms with Crippen LogP contribution in [0.15, 0.2) is 18.2 Å². The first-order valence-electron chi connectivity index (χ1n) is 10.6. The van der Waals surface area contributed by atoms with Crippen molar-refractivity contribution in [1.82, 2.24) is 10.2 Å². The number of hydrogen-bond donors (Lipinski definition) is 1. The second-order valence-electron chi connectivity index (χ2n) is 8.36. The Kier molecular flexibility index (Phi) is 7.44. The van der Waals surface area contributed by atoms with Crippen molar-refractivity contribution in [3.63, 3.8) is 0 Å². The van der Waals surface area contributed by atoms with E-state index in [1.807, 2.05) is 4.90 Å². The summed E-state index contributed by atoms with van der Waals surface area (Å²) in [4.78, 5) is 28.2. The fraction of sp³-hybridized carbons (Fsp3) is 0.667. The van der Waals surface area contributed by atoms with E-state index in [0.717, 1.165) is 52.0 Å². The Morgan fingerprint density at radius 2 is 2.03 bits per heavy atom. The molecule has 1 atom stereocenters. The largest absolute Gasteiger partial charge is 0.374 e. The number of nitro benzene ring substituents is 1. The van der Waals surface area contributed by atoms with Crippen molar-refractivity contribution < 1.29 is 14.5 Å². The number of rotatable bonds is 7. The summed E-state index contributed by atoms with van der Waals surface area (Å²) in [6.07, 6.45) is 3.17. The monoisotopic (exact) mass is 404 g/mol. The van der Waals surface area contributed by atoms with Gasteiger partial charge in [-0.3, -0.25) is 19.8 Å². The van der Waals surface area contributed by atoms with Gasteiger partial charge in [0.25, 0.3) is 11.6 Å². The summed E-state index contributed by atoms with van der Waals surface area (Å²) >= 11 is 0. The van der Waals surface area contributed by atoms with E-state index in [2.05, 4.69) is 24.1 Å². The first-order valence-corrected chi connectivity index (χ1v) is 10.6. The molecule has 0 saturated carbocycles. The third kappa shape index (κ3) is 5.90. The molecule has 2 saturated heterocycles. The molecule has 8 heteroatoms. The van der Waals surface area contributed by atoms with E-state index >= 15 is 0 Å². The van der Waals surface area contributed by atoms with Gasteiger partial charge < -0.3 is 15.0 Å². The van der Waals surface area contributed by atoms with Gasteiger partial charge in [0.15, 0.2) is 0 Å². The molecule has 1 aromatic rings. The van der Waals surface area contributed by atoms with Crippen LogP contribution in [0.2, 0.25) is 0 Å². The fourth-order valence-corrected chi connectivity index (χ4v) is 4.11.